The number of aliphatic carboxylic acids is 1. The number of hydrogen-bond donors (Lipinski definition) is 2. The zero-order valence-electron chi connectivity index (χ0n) is 8.76. The first-order chi connectivity index (χ1) is 8.20. The third-order valence-electron chi connectivity index (χ3n) is 2.03. The number of alkyl halides is 3. The van der Waals surface area contributed by atoms with Crippen molar-refractivity contribution in [1.29, 1.82) is 0 Å². The highest BCUT2D eigenvalue weighted by atomic mass is 79.9. The summed E-state index contributed by atoms with van der Waals surface area (Å²) in [7, 11) is 0. The molecule has 0 saturated heterocycles. The van der Waals surface area contributed by atoms with Gasteiger partial charge in [0.2, 0.25) is 0 Å². The summed E-state index contributed by atoms with van der Waals surface area (Å²) in [6.07, 6.45) is -4.54. The van der Waals surface area contributed by atoms with Crippen molar-refractivity contribution in [3.63, 3.8) is 0 Å². The Hall–Kier alpha value is -1.15. The van der Waals surface area contributed by atoms with Gasteiger partial charge in [0, 0.05) is 0 Å². The van der Waals surface area contributed by atoms with Gasteiger partial charge in [-0.2, -0.15) is 13.2 Å². The second-order valence-electron chi connectivity index (χ2n) is 3.44. The fourth-order valence-corrected chi connectivity index (χ4v) is 1.50. The second kappa shape index (κ2) is 5.66. The molecule has 0 aromatic heterocycles. The quantitative estimate of drug-likeness (QED) is 0.835. The standard InChI is InChI=1S/C10H8BrF4NO2/c11-6-2-1-5(3-7(6)12)8(9(17)18)16-4-10(13,14)15/h1-3,8,16H,4H2,(H,17,18). The maximum Gasteiger partial charge on any atom is 0.401 e. The average molecular weight is 330 g/mol. The Morgan fingerprint density at radius 2 is 2.06 bits per heavy atom. The van der Waals surface area contributed by atoms with E-state index in [0.29, 0.717) is 0 Å². The minimum Gasteiger partial charge on any atom is -0.480 e. The van der Waals surface area contributed by atoms with Crippen LogP contribution in [0.2, 0.25) is 0 Å². The van der Waals surface area contributed by atoms with Crippen molar-refractivity contribution in [2.24, 2.45) is 0 Å². The van der Waals surface area contributed by atoms with Gasteiger partial charge < -0.3 is 5.11 Å². The molecule has 1 aromatic rings. The largest absolute Gasteiger partial charge is 0.480 e. The Morgan fingerprint density at radius 1 is 1.44 bits per heavy atom. The molecule has 0 aliphatic heterocycles. The fourth-order valence-electron chi connectivity index (χ4n) is 1.26. The highest BCUT2D eigenvalue weighted by Gasteiger charge is 2.30. The third-order valence-corrected chi connectivity index (χ3v) is 2.67. The van der Waals surface area contributed by atoms with E-state index in [0.717, 1.165) is 6.07 Å². The molecule has 1 unspecified atom stereocenters. The summed E-state index contributed by atoms with van der Waals surface area (Å²) in [5, 5.41) is 10.6. The number of carboxylic acids is 1. The molecule has 0 radical (unpaired) electrons. The van der Waals surface area contributed by atoms with Gasteiger partial charge >= 0.3 is 12.1 Å². The van der Waals surface area contributed by atoms with E-state index in [1.807, 2.05) is 5.32 Å². The zero-order chi connectivity index (χ0) is 13.9. The van der Waals surface area contributed by atoms with E-state index in [9.17, 15) is 22.4 Å². The predicted octanol–water partition coefficient (Wildman–Crippen LogP) is 2.87. The number of benzene rings is 1. The number of carboxylic acid groups (broad SMARTS) is 1. The summed E-state index contributed by atoms with van der Waals surface area (Å²) in [6, 6.07) is 1.71. The molecule has 2 N–H and O–H groups in total. The second-order valence-corrected chi connectivity index (χ2v) is 4.30. The van der Waals surface area contributed by atoms with Crippen molar-refractivity contribution in [1.82, 2.24) is 5.32 Å². The van der Waals surface area contributed by atoms with Crippen LogP contribution in [0.1, 0.15) is 11.6 Å². The van der Waals surface area contributed by atoms with Gasteiger partial charge in [-0.05, 0) is 33.6 Å². The van der Waals surface area contributed by atoms with Crippen LogP contribution in [-0.4, -0.2) is 23.8 Å². The maximum atomic E-state index is 13.2. The van der Waals surface area contributed by atoms with Gasteiger partial charge in [0.25, 0.3) is 0 Å². The first kappa shape index (κ1) is 14.9. The lowest BCUT2D eigenvalue weighted by molar-refractivity contribution is -0.143. The van der Waals surface area contributed by atoms with Gasteiger partial charge in [0.15, 0.2) is 0 Å². The van der Waals surface area contributed by atoms with Gasteiger partial charge in [-0.15, -0.1) is 0 Å². The van der Waals surface area contributed by atoms with Crippen LogP contribution in [0.25, 0.3) is 0 Å². The van der Waals surface area contributed by atoms with Crippen LogP contribution in [0.3, 0.4) is 0 Å². The molecule has 18 heavy (non-hydrogen) atoms. The molecule has 1 atom stereocenters. The maximum absolute atomic E-state index is 13.2. The van der Waals surface area contributed by atoms with E-state index in [-0.39, 0.29) is 10.0 Å². The van der Waals surface area contributed by atoms with E-state index >= 15 is 0 Å². The first-order valence-electron chi connectivity index (χ1n) is 4.68. The van der Waals surface area contributed by atoms with Gasteiger partial charge in [-0.1, -0.05) is 6.07 Å². The molecular weight excluding hydrogens is 322 g/mol. The summed E-state index contributed by atoms with van der Waals surface area (Å²) in [4.78, 5) is 10.8. The van der Waals surface area contributed by atoms with Crippen LogP contribution in [0.5, 0.6) is 0 Å². The molecule has 0 saturated carbocycles. The molecule has 100 valence electrons. The van der Waals surface area contributed by atoms with Crippen LogP contribution in [0.15, 0.2) is 22.7 Å². The van der Waals surface area contributed by atoms with Crippen molar-refractivity contribution in [2.45, 2.75) is 12.2 Å². The molecule has 0 aliphatic carbocycles. The van der Waals surface area contributed by atoms with Crippen molar-refractivity contribution in [2.75, 3.05) is 6.54 Å². The summed E-state index contributed by atoms with van der Waals surface area (Å²) < 4.78 is 49.3. The lowest BCUT2D eigenvalue weighted by Gasteiger charge is -2.16. The number of hydrogen-bond acceptors (Lipinski definition) is 2. The fraction of sp³-hybridized carbons (Fsp3) is 0.300. The van der Waals surface area contributed by atoms with Gasteiger partial charge in [-0.25, -0.2) is 4.39 Å². The van der Waals surface area contributed by atoms with Gasteiger partial charge in [0.1, 0.15) is 11.9 Å². The number of carbonyl (C=O) groups is 1. The SMILES string of the molecule is O=C(O)C(NCC(F)(F)F)c1ccc(Br)c(F)c1. The number of nitrogens with one attached hydrogen (secondary N) is 1. The Morgan fingerprint density at radius 3 is 2.50 bits per heavy atom. The van der Waals surface area contributed by atoms with E-state index in [1.165, 1.54) is 12.1 Å². The number of halogens is 5. The third kappa shape index (κ3) is 4.26. The van der Waals surface area contributed by atoms with Crippen molar-refractivity contribution >= 4 is 21.9 Å². The van der Waals surface area contributed by atoms with E-state index in [2.05, 4.69) is 15.9 Å². The molecule has 0 amide bonds. The van der Waals surface area contributed by atoms with Crippen molar-refractivity contribution < 1.29 is 27.5 Å². The molecule has 0 bridgehead atoms. The highest BCUT2D eigenvalue weighted by Crippen LogP contribution is 2.22. The molecule has 0 spiro atoms. The molecule has 1 rings (SSSR count). The van der Waals surface area contributed by atoms with Crippen molar-refractivity contribution in [3.05, 3.63) is 34.1 Å². The van der Waals surface area contributed by atoms with Crippen LogP contribution >= 0.6 is 15.9 Å². The molecule has 0 fully saturated rings. The lowest BCUT2D eigenvalue weighted by atomic mass is 10.1. The topological polar surface area (TPSA) is 49.3 Å². The van der Waals surface area contributed by atoms with Crippen LogP contribution in [-0.2, 0) is 4.79 Å². The number of rotatable bonds is 4. The van der Waals surface area contributed by atoms with Crippen molar-refractivity contribution in [3.8, 4) is 0 Å². The normalized spacial score (nSPS) is 13.4. The summed E-state index contributed by atoms with van der Waals surface area (Å²) in [6.45, 7) is -1.47. The summed E-state index contributed by atoms with van der Waals surface area (Å²) in [5.74, 6) is -2.26. The van der Waals surface area contributed by atoms with Gasteiger partial charge in [0.05, 0.1) is 11.0 Å². The van der Waals surface area contributed by atoms with Gasteiger partial charge in [-0.3, -0.25) is 10.1 Å². The van der Waals surface area contributed by atoms with Crippen LogP contribution in [0, 0.1) is 5.82 Å². The Balaban J connectivity index is 2.91. The van der Waals surface area contributed by atoms with Crippen LogP contribution < -0.4 is 5.32 Å². The molecule has 1 aromatic carbocycles. The first-order valence-corrected chi connectivity index (χ1v) is 5.48. The minimum atomic E-state index is -4.54. The Labute approximate surface area is 108 Å². The smallest absolute Gasteiger partial charge is 0.401 e. The molecule has 0 heterocycles. The monoisotopic (exact) mass is 329 g/mol. The molecule has 8 heteroatoms. The van der Waals surface area contributed by atoms with Crippen LogP contribution in [0.4, 0.5) is 17.6 Å². The Kier molecular flexibility index (Phi) is 4.69. The molecule has 0 aliphatic rings. The highest BCUT2D eigenvalue weighted by molar-refractivity contribution is 9.10. The summed E-state index contributed by atoms with van der Waals surface area (Å²) >= 11 is 2.86. The lowest BCUT2D eigenvalue weighted by Crippen LogP contribution is -2.36. The average Bonchev–Trinajstić information content (AvgIpc) is 2.21. The minimum absolute atomic E-state index is 0.0903. The Bertz CT molecular complexity index is 450. The predicted molar refractivity (Wildman–Crippen MR) is 58.5 cm³/mol. The van der Waals surface area contributed by atoms with E-state index in [4.69, 9.17) is 5.11 Å². The summed E-state index contributed by atoms with van der Waals surface area (Å²) in [5.41, 5.74) is -0.0903. The molecular formula is C10H8BrF4NO2. The molecule has 3 nitrogen and oxygen atoms in total. The van der Waals surface area contributed by atoms with E-state index < -0.39 is 30.5 Å². The van der Waals surface area contributed by atoms with E-state index in [1.54, 1.807) is 0 Å². The zero-order valence-corrected chi connectivity index (χ0v) is 10.3.